The van der Waals surface area contributed by atoms with Gasteiger partial charge in [-0.05, 0) is 93.2 Å². The van der Waals surface area contributed by atoms with Crippen LogP contribution in [0.25, 0.3) is 32.9 Å². The van der Waals surface area contributed by atoms with Gasteiger partial charge in [0.25, 0.3) is 0 Å². The van der Waals surface area contributed by atoms with Crippen LogP contribution in [-0.2, 0) is 4.74 Å². The normalized spacial score (nSPS) is 23.3. The third-order valence-electron chi connectivity index (χ3n) is 13.6. The van der Waals surface area contributed by atoms with Crippen LogP contribution in [0.3, 0.4) is 0 Å². The highest BCUT2D eigenvalue weighted by Gasteiger charge is 2.50. The second-order valence-electron chi connectivity index (χ2n) is 19.5. The number of phenolic OH excluding ortho intramolecular Hbond substituents is 1. The van der Waals surface area contributed by atoms with Gasteiger partial charge in [0.15, 0.2) is 5.82 Å². The van der Waals surface area contributed by atoms with Crippen LogP contribution in [0.2, 0.25) is 16.6 Å². The van der Waals surface area contributed by atoms with E-state index in [0.717, 1.165) is 32.2 Å². The van der Waals surface area contributed by atoms with E-state index in [9.17, 15) is 14.3 Å². The molecule has 0 radical (unpaired) electrons. The van der Waals surface area contributed by atoms with E-state index in [0.29, 0.717) is 75.9 Å². The standard InChI is InChI=1S/C46H59F2N7O4Si/c1-27(2)60(28(3)4,29(5)6)18-14-37-38-30(13-16-49-37)19-34(56)20-35(38)40-39(48)41-36(22-50-40)42(52-43(51-41)58-26-46-15-10-17-54(46)23-31(47)21-46)53-24-32-11-12-33(25-53)55(32)44(57)59-45(7,8)9/h13,16,19-20,22,27-29,31-33,56H,10-12,15,17,21,23-26H2,1-9H3/t31-,32-,33+,46+/m1/s1. The number of nitrogens with zero attached hydrogens (tertiary/aromatic N) is 7. The number of benzene rings is 1. The van der Waals surface area contributed by atoms with E-state index in [2.05, 4.69) is 62.8 Å². The minimum atomic E-state index is -2.17. The maximum Gasteiger partial charge on any atom is 0.410 e. The smallest absolute Gasteiger partial charge is 0.410 e. The zero-order valence-corrected chi connectivity index (χ0v) is 37.5. The average molecular weight is 840 g/mol. The molecule has 2 bridgehead atoms. The molecule has 3 aromatic heterocycles. The van der Waals surface area contributed by atoms with Gasteiger partial charge in [-0.3, -0.25) is 14.8 Å². The number of aromatic hydroxyl groups is 1. The van der Waals surface area contributed by atoms with Crippen LogP contribution in [0.4, 0.5) is 19.4 Å². The number of pyridine rings is 2. The summed E-state index contributed by atoms with van der Waals surface area (Å²) in [4.78, 5) is 38.6. The van der Waals surface area contributed by atoms with Crippen LogP contribution in [0.15, 0.2) is 30.6 Å². The van der Waals surface area contributed by atoms with Gasteiger partial charge >= 0.3 is 12.1 Å². The lowest BCUT2D eigenvalue weighted by Gasteiger charge is -2.42. The number of amides is 1. The second-order valence-corrected chi connectivity index (χ2v) is 25.0. The molecule has 4 atom stereocenters. The van der Waals surface area contributed by atoms with Crippen molar-refractivity contribution in [3.8, 4) is 34.5 Å². The Hall–Kier alpha value is -4.61. The number of phenols is 1. The quantitative estimate of drug-likeness (QED) is 0.136. The summed E-state index contributed by atoms with van der Waals surface area (Å²) in [6.45, 7) is 21.4. The first-order valence-electron chi connectivity index (χ1n) is 21.7. The third kappa shape index (κ3) is 7.43. The average Bonchev–Trinajstić information content (AvgIpc) is 3.79. The van der Waals surface area contributed by atoms with Gasteiger partial charge in [0.05, 0.1) is 23.0 Å². The molecular formula is C46H59F2N7O4Si. The fourth-order valence-corrected chi connectivity index (χ4v) is 16.2. The monoisotopic (exact) mass is 839 g/mol. The Morgan fingerprint density at radius 2 is 1.73 bits per heavy atom. The van der Waals surface area contributed by atoms with E-state index < -0.39 is 31.2 Å². The summed E-state index contributed by atoms with van der Waals surface area (Å²) in [6, 6.07) is 4.66. The molecule has 0 saturated carbocycles. The van der Waals surface area contributed by atoms with Gasteiger partial charge in [0.2, 0.25) is 0 Å². The number of alkyl halides is 1. The highest BCUT2D eigenvalue weighted by atomic mass is 28.3. The van der Waals surface area contributed by atoms with Crippen LogP contribution in [0.1, 0.15) is 100 Å². The van der Waals surface area contributed by atoms with Gasteiger partial charge in [0, 0.05) is 49.4 Å². The van der Waals surface area contributed by atoms with E-state index >= 15 is 4.39 Å². The number of anilines is 1. The van der Waals surface area contributed by atoms with Crippen molar-refractivity contribution < 1.29 is 28.2 Å². The van der Waals surface area contributed by atoms with Crippen molar-refractivity contribution in [1.82, 2.24) is 29.7 Å². The lowest BCUT2D eigenvalue weighted by molar-refractivity contribution is 0.0122. The Morgan fingerprint density at radius 3 is 2.40 bits per heavy atom. The SMILES string of the molecule is CC(C)[Si](C#Cc1nccc2cc(O)cc(-c3ncc4c(N5C[C@H]6CC[C@@H](C5)N6C(=O)OC(C)(C)C)nc(OC[C@@]56CCCN5C[C@H](F)C6)nc4c3F)c12)(C(C)C)C(C)C. The lowest BCUT2D eigenvalue weighted by atomic mass is 9.95. The molecule has 1 aromatic carbocycles. The number of carbonyl (C=O) groups is 1. The Balaban J connectivity index is 1.25. The highest BCUT2D eigenvalue weighted by molar-refractivity contribution is 6.90. The number of piperazine rings is 1. The number of rotatable bonds is 8. The molecule has 7 heterocycles. The molecule has 0 unspecified atom stereocenters. The zero-order valence-electron chi connectivity index (χ0n) is 36.5. The van der Waals surface area contributed by atoms with Gasteiger partial charge in [-0.1, -0.05) is 47.5 Å². The van der Waals surface area contributed by atoms with E-state index in [4.69, 9.17) is 29.4 Å². The summed E-state index contributed by atoms with van der Waals surface area (Å²) in [5.41, 5.74) is 4.69. The Kier molecular flexibility index (Phi) is 11.0. The van der Waals surface area contributed by atoms with Crippen molar-refractivity contribution >= 4 is 41.7 Å². The van der Waals surface area contributed by atoms with E-state index in [1.807, 2.05) is 25.7 Å². The van der Waals surface area contributed by atoms with Gasteiger partial charge in [-0.2, -0.15) is 9.97 Å². The lowest BCUT2D eigenvalue weighted by Crippen LogP contribution is -2.57. The molecule has 4 aliphatic heterocycles. The van der Waals surface area contributed by atoms with Crippen LogP contribution in [0, 0.1) is 17.3 Å². The van der Waals surface area contributed by atoms with Gasteiger partial charge in [0.1, 0.15) is 54.9 Å². The molecule has 0 aliphatic carbocycles. The summed E-state index contributed by atoms with van der Waals surface area (Å²) in [6.07, 6.45) is 5.68. The molecule has 4 saturated heterocycles. The molecular weight excluding hydrogens is 781 g/mol. The first-order valence-corrected chi connectivity index (χ1v) is 23.9. The topological polar surface area (TPSA) is 117 Å². The van der Waals surface area contributed by atoms with Gasteiger partial charge < -0.3 is 19.5 Å². The zero-order chi connectivity index (χ0) is 42.9. The van der Waals surface area contributed by atoms with Crippen molar-refractivity contribution in [2.75, 3.05) is 37.7 Å². The summed E-state index contributed by atoms with van der Waals surface area (Å²) < 4.78 is 44.5. The first kappa shape index (κ1) is 42.1. The highest BCUT2D eigenvalue weighted by Crippen LogP contribution is 2.44. The predicted octanol–water partition coefficient (Wildman–Crippen LogP) is 9.20. The van der Waals surface area contributed by atoms with Crippen LogP contribution in [0.5, 0.6) is 11.8 Å². The molecule has 320 valence electrons. The number of halogens is 2. The minimum Gasteiger partial charge on any atom is -0.508 e. The van der Waals surface area contributed by atoms with Crippen molar-refractivity contribution in [2.45, 2.75) is 140 Å². The molecule has 4 aromatic rings. The Bertz CT molecular complexity index is 2340. The van der Waals surface area contributed by atoms with Crippen molar-refractivity contribution in [3.63, 3.8) is 0 Å². The first-order chi connectivity index (χ1) is 28.4. The Morgan fingerprint density at radius 1 is 1.03 bits per heavy atom. The summed E-state index contributed by atoms with van der Waals surface area (Å²) in [5, 5.41) is 12.7. The number of hydrogen-bond donors (Lipinski definition) is 1. The van der Waals surface area contributed by atoms with Crippen LogP contribution in [-0.4, -0.2) is 111 Å². The molecule has 4 aliphatic rings. The fraction of sp³-hybridized carbons (Fsp3) is 0.587. The summed E-state index contributed by atoms with van der Waals surface area (Å²) >= 11 is 0. The number of ether oxygens (including phenoxy) is 2. The molecule has 4 fully saturated rings. The fourth-order valence-electron chi connectivity index (χ4n) is 11.0. The van der Waals surface area contributed by atoms with Gasteiger partial charge in [-0.25, -0.2) is 18.6 Å². The van der Waals surface area contributed by atoms with E-state index in [1.165, 1.54) is 6.07 Å². The second kappa shape index (κ2) is 15.7. The summed E-state index contributed by atoms with van der Waals surface area (Å²) in [5.74, 6) is 3.18. The maximum absolute atomic E-state index is 17.6. The number of fused-ring (bicyclic) bond motifs is 5. The van der Waals surface area contributed by atoms with Gasteiger partial charge in [-0.15, -0.1) is 5.54 Å². The van der Waals surface area contributed by atoms with E-state index in [-0.39, 0.29) is 47.8 Å². The third-order valence-corrected chi connectivity index (χ3v) is 19.9. The molecule has 1 N–H and O–H groups in total. The van der Waals surface area contributed by atoms with Crippen molar-refractivity contribution in [1.29, 1.82) is 0 Å². The van der Waals surface area contributed by atoms with Crippen molar-refractivity contribution in [2.24, 2.45) is 0 Å². The molecule has 8 rings (SSSR count). The van der Waals surface area contributed by atoms with E-state index in [1.54, 1.807) is 24.5 Å². The summed E-state index contributed by atoms with van der Waals surface area (Å²) in [7, 11) is -2.17. The molecule has 1 amide bonds. The van der Waals surface area contributed by atoms with Crippen LogP contribution >= 0.6 is 0 Å². The molecule has 0 spiro atoms. The van der Waals surface area contributed by atoms with Crippen LogP contribution < -0.4 is 9.64 Å². The number of carbonyl (C=O) groups excluding carboxylic acids is 1. The van der Waals surface area contributed by atoms with Crippen molar-refractivity contribution in [3.05, 3.63) is 42.1 Å². The Labute approximate surface area is 353 Å². The number of aromatic nitrogens is 4. The molecule has 14 heteroatoms. The predicted molar refractivity (Wildman–Crippen MR) is 233 cm³/mol. The number of hydrogen-bond acceptors (Lipinski definition) is 10. The maximum atomic E-state index is 17.6. The minimum absolute atomic E-state index is 0.00894. The molecule has 11 nitrogen and oxygen atoms in total. The largest absolute Gasteiger partial charge is 0.508 e. The molecule has 60 heavy (non-hydrogen) atoms.